The Morgan fingerprint density at radius 3 is 1.28 bits per heavy atom. The Morgan fingerprint density at radius 2 is 1.11 bits per heavy atom. The molecular formula is C13H25NO4. The van der Waals surface area contributed by atoms with Gasteiger partial charge in [-0.15, -0.1) is 0 Å². The summed E-state index contributed by atoms with van der Waals surface area (Å²) in [5.41, 5.74) is 0. The van der Waals surface area contributed by atoms with Gasteiger partial charge in [0.05, 0.1) is 0 Å². The first-order valence-corrected chi connectivity index (χ1v) is 6.34. The average molecular weight is 259 g/mol. The molecule has 0 aliphatic carbocycles. The summed E-state index contributed by atoms with van der Waals surface area (Å²) in [7, 11) is 0. The zero-order valence-corrected chi connectivity index (χ0v) is 11.6. The zero-order valence-electron chi connectivity index (χ0n) is 11.6. The molecule has 5 heteroatoms. The highest BCUT2D eigenvalue weighted by Gasteiger charge is 1.98. The molecule has 0 aromatic heterocycles. The summed E-state index contributed by atoms with van der Waals surface area (Å²) in [6, 6.07) is 0. The Labute approximate surface area is 109 Å². The van der Waals surface area contributed by atoms with Crippen molar-refractivity contribution in [3.05, 3.63) is 12.2 Å². The van der Waals surface area contributed by atoms with Gasteiger partial charge in [0.2, 0.25) is 0 Å². The third kappa shape index (κ3) is 17.0. The molecule has 0 aliphatic rings. The van der Waals surface area contributed by atoms with Crippen molar-refractivity contribution in [2.24, 2.45) is 0 Å². The fourth-order valence-corrected chi connectivity index (χ4v) is 1.43. The monoisotopic (exact) mass is 259 g/mol. The van der Waals surface area contributed by atoms with Crippen molar-refractivity contribution < 1.29 is 19.8 Å². The molecule has 106 valence electrons. The van der Waals surface area contributed by atoms with Crippen molar-refractivity contribution in [3.63, 3.8) is 0 Å². The first-order chi connectivity index (χ1) is 8.47. The largest absolute Gasteiger partial charge is 0.478 e. The lowest BCUT2D eigenvalue weighted by Gasteiger charge is -2.19. The molecule has 5 nitrogen and oxygen atoms in total. The van der Waals surface area contributed by atoms with E-state index in [1.807, 2.05) is 0 Å². The van der Waals surface area contributed by atoms with E-state index in [0.29, 0.717) is 12.2 Å². The number of carboxylic acid groups (broad SMARTS) is 2. The molecule has 0 rings (SSSR count). The summed E-state index contributed by atoms with van der Waals surface area (Å²) in [4.78, 5) is 21.6. The number of aliphatic carboxylic acids is 2. The molecule has 0 heterocycles. The van der Waals surface area contributed by atoms with Crippen LogP contribution in [0.3, 0.4) is 0 Å². The van der Waals surface area contributed by atoms with E-state index < -0.39 is 11.9 Å². The number of carbonyl (C=O) groups is 2. The second-order valence-electron chi connectivity index (χ2n) is 3.85. The molecule has 0 unspecified atom stereocenters. The Bertz CT molecular complexity index is 221. The van der Waals surface area contributed by atoms with Crippen LogP contribution < -0.4 is 0 Å². The van der Waals surface area contributed by atoms with E-state index >= 15 is 0 Å². The number of rotatable bonds is 8. The van der Waals surface area contributed by atoms with Gasteiger partial charge in [-0.25, -0.2) is 9.59 Å². The lowest BCUT2D eigenvalue weighted by molar-refractivity contribution is -0.134. The van der Waals surface area contributed by atoms with Gasteiger partial charge < -0.3 is 15.1 Å². The van der Waals surface area contributed by atoms with Gasteiger partial charge in [0.25, 0.3) is 0 Å². The summed E-state index contributed by atoms with van der Waals surface area (Å²) in [6.45, 7) is 10.6. The summed E-state index contributed by atoms with van der Waals surface area (Å²) in [5.74, 6) is -2.51. The molecule has 0 saturated carbocycles. The van der Waals surface area contributed by atoms with Crippen LogP contribution in [0.5, 0.6) is 0 Å². The van der Waals surface area contributed by atoms with E-state index in [1.165, 1.54) is 38.9 Å². The Morgan fingerprint density at radius 1 is 0.833 bits per heavy atom. The van der Waals surface area contributed by atoms with Crippen LogP contribution in [0.1, 0.15) is 40.0 Å². The molecule has 0 atom stereocenters. The molecule has 0 fully saturated rings. The number of nitrogens with zero attached hydrogens (tertiary/aromatic N) is 1. The minimum absolute atomic E-state index is 0.558. The molecule has 0 radical (unpaired) electrons. The van der Waals surface area contributed by atoms with Crippen LogP contribution in [0.15, 0.2) is 12.2 Å². The second kappa shape index (κ2) is 13.7. The second-order valence-corrected chi connectivity index (χ2v) is 3.85. The van der Waals surface area contributed by atoms with Gasteiger partial charge in [0.1, 0.15) is 0 Å². The van der Waals surface area contributed by atoms with Crippen molar-refractivity contribution in [3.8, 4) is 0 Å². The summed E-state index contributed by atoms with van der Waals surface area (Å²) in [5, 5.41) is 15.6. The van der Waals surface area contributed by atoms with Crippen LogP contribution in [-0.4, -0.2) is 46.7 Å². The van der Waals surface area contributed by atoms with Crippen LogP contribution in [-0.2, 0) is 9.59 Å². The lowest BCUT2D eigenvalue weighted by Crippen LogP contribution is -2.25. The number of carboxylic acids is 2. The predicted octanol–water partition coefficient (Wildman–Crippen LogP) is 2.23. The van der Waals surface area contributed by atoms with E-state index in [1.54, 1.807) is 0 Å². The third-order valence-corrected chi connectivity index (χ3v) is 1.99. The highest BCUT2D eigenvalue weighted by Crippen LogP contribution is 1.94. The maximum Gasteiger partial charge on any atom is 0.328 e. The molecule has 0 spiro atoms. The Hall–Kier alpha value is -1.36. The normalized spacial score (nSPS) is 10.2. The average Bonchev–Trinajstić information content (AvgIpc) is 2.28. The fraction of sp³-hybridized carbons (Fsp3) is 0.692. The Balaban J connectivity index is 0. The third-order valence-electron chi connectivity index (χ3n) is 1.99. The van der Waals surface area contributed by atoms with E-state index in [2.05, 4.69) is 25.7 Å². The zero-order chi connectivity index (χ0) is 14.4. The quantitative estimate of drug-likeness (QED) is 0.654. The molecular weight excluding hydrogens is 234 g/mol. The summed E-state index contributed by atoms with van der Waals surface area (Å²) in [6.07, 6.45) is 4.99. The van der Waals surface area contributed by atoms with Gasteiger partial charge in [0, 0.05) is 12.2 Å². The Kier molecular flexibility index (Phi) is 14.5. The van der Waals surface area contributed by atoms with Crippen molar-refractivity contribution in [1.29, 1.82) is 0 Å². The van der Waals surface area contributed by atoms with Crippen molar-refractivity contribution >= 4 is 11.9 Å². The fourth-order valence-electron chi connectivity index (χ4n) is 1.43. The maximum absolute atomic E-state index is 9.55. The predicted molar refractivity (Wildman–Crippen MR) is 71.7 cm³/mol. The maximum atomic E-state index is 9.55. The molecule has 0 saturated heterocycles. The first kappa shape index (κ1) is 19.0. The van der Waals surface area contributed by atoms with Crippen LogP contribution >= 0.6 is 0 Å². The minimum atomic E-state index is -1.26. The van der Waals surface area contributed by atoms with Crippen molar-refractivity contribution in [1.82, 2.24) is 4.90 Å². The molecule has 18 heavy (non-hydrogen) atoms. The van der Waals surface area contributed by atoms with Crippen LogP contribution in [0, 0.1) is 0 Å². The highest BCUT2D eigenvalue weighted by atomic mass is 16.4. The first-order valence-electron chi connectivity index (χ1n) is 6.34. The van der Waals surface area contributed by atoms with Crippen LogP contribution in [0.4, 0.5) is 0 Å². The number of hydrogen-bond acceptors (Lipinski definition) is 3. The minimum Gasteiger partial charge on any atom is -0.478 e. The van der Waals surface area contributed by atoms with E-state index in [4.69, 9.17) is 10.2 Å². The molecule has 0 bridgehead atoms. The molecule has 0 aromatic carbocycles. The van der Waals surface area contributed by atoms with Crippen LogP contribution in [0.25, 0.3) is 0 Å². The molecule has 0 aromatic rings. The number of hydrogen-bond donors (Lipinski definition) is 2. The summed E-state index contributed by atoms with van der Waals surface area (Å²) < 4.78 is 0. The van der Waals surface area contributed by atoms with Crippen molar-refractivity contribution in [2.45, 2.75) is 40.0 Å². The lowest BCUT2D eigenvalue weighted by atomic mass is 10.3. The van der Waals surface area contributed by atoms with Gasteiger partial charge in [-0.05, 0) is 38.9 Å². The van der Waals surface area contributed by atoms with Gasteiger partial charge in [-0.3, -0.25) is 0 Å². The summed E-state index contributed by atoms with van der Waals surface area (Å²) >= 11 is 0. The molecule has 2 N–H and O–H groups in total. The topological polar surface area (TPSA) is 77.8 Å². The smallest absolute Gasteiger partial charge is 0.328 e. The van der Waals surface area contributed by atoms with E-state index in [9.17, 15) is 9.59 Å². The van der Waals surface area contributed by atoms with Gasteiger partial charge in [0.15, 0.2) is 0 Å². The van der Waals surface area contributed by atoms with E-state index in [0.717, 1.165) is 0 Å². The van der Waals surface area contributed by atoms with E-state index in [-0.39, 0.29) is 0 Å². The SMILES string of the molecule is CCCN(CCC)CCC.O=C(O)/C=C/C(=O)O. The van der Waals surface area contributed by atoms with Gasteiger partial charge in [-0.1, -0.05) is 20.8 Å². The van der Waals surface area contributed by atoms with Crippen LogP contribution in [0.2, 0.25) is 0 Å². The van der Waals surface area contributed by atoms with Gasteiger partial charge >= 0.3 is 11.9 Å². The van der Waals surface area contributed by atoms with Crippen molar-refractivity contribution in [2.75, 3.05) is 19.6 Å². The standard InChI is InChI=1S/C9H21N.C4H4O4/c1-4-7-10(8-5-2)9-6-3;5-3(6)1-2-4(7)8/h4-9H2,1-3H3;1-2H,(H,5,6)(H,7,8)/b;2-1+. The van der Waals surface area contributed by atoms with Gasteiger partial charge in [-0.2, -0.15) is 0 Å². The highest BCUT2D eigenvalue weighted by molar-refractivity contribution is 5.89. The molecule has 0 amide bonds. The molecule has 0 aliphatic heterocycles.